The second-order valence-electron chi connectivity index (χ2n) is 12.0. The van der Waals surface area contributed by atoms with Crippen LogP contribution < -0.4 is 9.64 Å². The fourth-order valence-electron chi connectivity index (χ4n) is 5.26. The van der Waals surface area contributed by atoms with Gasteiger partial charge in [0.15, 0.2) is 5.60 Å². The lowest BCUT2D eigenvalue weighted by atomic mass is 9.92. The predicted molar refractivity (Wildman–Crippen MR) is 141 cm³/mol. The Morgan fingerprint density at radius 2 is 1.81 bits per heavy atom. The van der Waals surface area contributed by atoms with Crippen molar-refractivity contribution in [3.8, 4) is 5.75 Å². The molecule has 0 saturated heterocycles. The molecule has 2 aliphatic rings. The van der Waals surface area contributed by atoms with E-state index in [2.05, 4.69) is 13.8 Å². The molecule has 1 aromatic rings. The number of fused-ring (bicyclic) bond motifs is 1. The number of aryl methyl sites for hydroxylation is 1. The van der Waals surface area contributed by atoms with Gasteiger partial charge in [0.05, 0.1) is 5.69 Å². The Morgan fingerprint density at radius 3 is 2.39 bits per heavy atom. The molecule has 1 aromatic carbocycles. The summed E-state index contributed by atoms with van der Waals surface area (Å²) in [6.45, 7) is 15.4. The van der Waals surface area contributed by atoms with E-state index in [1.165, 1.54) is 6.42 Å². The van der Waals surface area contributed by atoms with Crippen molar-refractivity contribution < 1.29 is 23.9 Å². The van der Waals surface area contributed by atoms with Crippen LogP contribution >= 0.6 is 0 Å². The second-order valence-corrected chi connectivity index (χ2v) is 12.0. The summed E-state index contributed by atoms with van der Waals surface area (Å²) in [6.07, 6.45) is 6.23. The lowest BCUT2D eigenvalue weighted by Crippen LogP contribution is -2.53. The van der Waals surface area contributed by atoms with Crippen LogP contribution in [0.3, 0.4) is 0 Å². The van der Waals surface area contributed by atoms with E-state index in [1.807, 2.05) is 44.7 Å². The Bertz CT molecular complexity index is 986. The zero-order valence-corrected chi connectivity index (χ0v) is 23.4. The summed E-state index contributed by atoms with van der Waals surface area (Å²) in [5, 5.41) is 0. The van der Waals surface area contributed by atoms with Crippen LogP contribution in [0.15, 0.2) is 12.1 Å². The van der Waals surface area contributed by atoms with E-state index in [-0.39, 0.29) is 36.3 Å². The fourth-order valence-corrected chi connectivity index (χ4v) is 5.26. The maximum Gasteiger partial charge on any atom is 0.306 e. The van der Waals surface area contributed by atoms with Crippen molar-refractivity contribution in [2.24, 2.45) is 0 Å². The van der Waals surface area contributed by atoms with E-state index in [4.69, 9.17) is 9.47 Å². The first kappa shape index (κ1) is 28.0. The normalized spacial score (nSPS) is 18.0. The van der Waals surface area contributed by atoms with Gasteiger partial charge in [-0.15, -0.1) is 0 Å². The average molecular weight is 501 g/mol. The first-order valence-corrected chi connectivity index (χ1v) is 13.4. The van der Waals surface area contributed by atoms with Gasteiger partial charge >= 0.3 is 5.97 Å². The first-order chi connectivity index (χ1) is 16.7. The van der Waals surface area contributed by atoms with Crippen LogP contribution in [-0.2, 0) is 14.3 Å². The van der Waals surface area contributed by atoms with Gasteiger partial charge in [0.2, 0.25) is 0 Å². The molecular formula is C29H44N2O5. The van der Waals surface area contributed by atoms with Gasteiger partial charge < -0.3 is 19.3 Å². The molecule has 0 N–H and O–H groups in total. The number of carbonyl (C=O) groups is 3. The number of esters is 1. The Labute approximate surface area is 216 Å². The smallest absolute Gasteiger partial charge is 0.306 e. The molecule has 0 spiro atoms. The van der Waals surface area contributed by atoms with Crippen molar-refractivity contribution in [1.29, 1.82) is 0 Å². The van der Waals surface area contributed by atoms with Gasteiger partial charge in [-0.3, -0.25) is 14.4 Å². The lowest BCUT2D eigenvalue weighted by molar-refractivity contribution is -0.155. The van der Waals surface area contributed by atoms with Crippen molar-refractivity contribution in [2.75, 3.05) is 11.4 Å². The number of carbonyl (C=O) groups excluding carboxylic acids is 3. The minimum absolute atomic E-state index is 0.00295. The van der Waals surface area contributed by atoms with Gasteiger partial charge in [0.25, 0.3) is 11.8 Å². The Kier molecular flexibility index (Phi) is 8.41. The largest absolute Gasteiger partial charge is 0.476 e. The number of nitrogens with zero attached hydrogens (tertiary/aromatic N) is 2. The Balaban J connectivity index is 1.90. The molecule has 0 aromatic heterocycles. The molecule has 1 aliphatic carbocycles. The van der Waals surface area contributed by atoms with Crippen molar-refractivity contribution >= 4 is 23.5 Å². The number of rotatable bonds is 7. The molecule has 2 amide bonds. The lowest BCUT2D eigenvalue weighted by Gasteiger charge is -2.40. The highest BCUT2D eigenvalue weighted by Crippen LogP contribution is 2.40. The molecule has 1 saturated carbocycles. The zero-order chi connectivity index (χ0) is 26.8. The van der Waals surface area contributed by atoms with Crippen LogP contribution in [0, 0.1) is 6.92 Å². The topological polar surface area (TPSA) is 76.2 Å². The predicted octanol–water partition coefficient (Wildman–Crippen LogP) is 5.80. The summed E-state index contributed by atoms with van der Waals surface area (Å²) in [5.41, 5.74) is 0.432. The molecule has 1 heterocycles. The van der Waals surface area contributed by atoms with Gasteiger partial charge in [-0.25, -0.2) is 0 Å². The van der Waals surface area contributed by atoms with Crippen LogP contribution in [0.2, 0.25) is 0 Å². The number of anilines is 1. The SMILES string of the molecule is Cc1cc2c(cc1C(=O)N(C(C)C)C1CCCCC1)N(CCCC(=O)OC(C)(C)C)C(=O)C(C)(C)O2. The standard InChI is InChI=1S/C29H44N2O5/c1-19(2)31(21-13-10-9-11-14-21)26(33)22-18-23-24(17-20(22)3)35-29(7,8)27(34)30(23)16-12-15-25(32)36-28(4,5)6/h17-19,21H,9-16H2,1-8H3. The van der Waals surface area contributed by atoms with Gasteiger partial charge in [0, 0.05) is 30.6 Å². The van der Waals surface area contributed by atoms with Crippen LogP contribution in [0.5, 0.6) is 5.75 Å². The van der Waals surface area contributed by atoms with E-state index >= 15 is 0 Å². The highest BCUT2D eigenvalue weighted by molar-refractivity contribution is 6.05. The van der Waals surface area contributed by atoms with E-state index in [9.17, 15) is 14.4 Å². The number of hydrogen-bond donors (Lipinski definition) is 0. The molecule has 3 rings (SSSR count). The Hall–Kier alpha value is -2.57. The molecule has 0 radical (unpaired) electrons. The van der Waals surface area contributed by atoms with E-state index in [0.29, 0.717) is 30.0 Å². The van der Waals surface area contributed by atoms with Crippen molar-refractivity contribution in [3.05, 3.63) is 23.3 Å². The molecule has 200 valence electrons. The third-order valence-corrected chi connectivity index (χ3v) is 6.89. The molecule has 0 bridgehead atoms. The van der Waals surface area contributed by atoms with Crippen molar-refractivity contribution in [2.45, 2.75) is 124 Å². The van der Waals surface area contributed by atoms with Crippen LogP contribution in [0.4, 0.5) is 5.69 Å². The van der Waals surface area contributed by atoms with E-state index < -0.39 is 11.2 Å². The molecule has 7 nitrogen and oxygen atoms in total. The van der Waals surface area contributed by atoms with Crippen molar-refractivity contribution in [3.63, 3.8) is 0 Å². The summed E-state index contributed by atoms with van der Waals surface area (Å²) < 4.78 is 11.5. The van der Waals surface area contributed by atoms with Crippen LogP contribution in [-0.4, -0.2) is 52.5 Å². The Morgan fingerprint density at radius 1 is 1.17 bits per heavy atom. The monoisotopic (exact) mass is 500 g/mol. The number of ether oxygens (including phenoxy) is 2. The number of benzene rings is 1. The average Bonchev–Trinajstić information content (AvgIpc) is 2.75. The molecule has 7 heteroatoms. The summed E-state index contributed by atoms with van der Waals surface area (Å²) in [4.78, 5) is 43.1. The number of amides is 2. The molecule has 0 atom stereocenters. The van der Waals surface area contributed by atoms with E-state index in [0.717, 1.165) is 31.2 Å². The molecule has 0 unspecified atom stereocenters. The molecule has 36 heavy (non-hydrogen) atoms. The second kappa shape index (κ2) is 10.8. The maximum atomic E-state index is 13.9. The van der Waals surface area contributed by atoms with Crippen molar-refractivity contribution in [1.82, 2.24) is 4.90 Å². The summed E-state index contributed by atoms with van der Waals surface area (Å²) >= 11 is 0. The maximum absolute atomic E-state index is 13.9. The van der Waals surface area contributed by atoms with Gasteiger partial charge in [-0.2, -0.15) is 0 Å². The van der Waals surface area contributed by atoms with Crippen LogP contribution in [0.25, 0.3) is 0 Å². The number of hydrogen-bond acceptors (Lipinski definition) is 5. The highest BCUT2D eigenvalue weighted by Gasteiger charge is 2.42. The van der Waals surface area contributed by atoms with Gasteiger partial charge in [0.1, 0.15) is 11.4 Å². The van der Waals surface area contributed by atoms with Gasteiger partial charge in [-0.1, -0.05) is 19.3 Å². The summed E-state index contributed by atoms with van der Waals surface area (Å²) in [7, 11) is 0. The minimum Gasteiger partial charge on any atom is -0.476 e. The molecule has 1 aliphatic heterocycles. The summed E-state index contributed by atoms with van der Waals surface area (Å²) in [6, 6.07) is 4.00. The first-order valence-electron chi connectivity index (χ1n) is 13.4. The van der Waals surface area contributed by atoms with Gasteiger partial charge in [-0.05, 0) is 92.3 Å². The third kappa shape index (κ3) is 6.40. The quantitative estimate of drug-likeness (QED) is 0.442. The van der Waals surface area contributed by atoms with Crippen LogP contribution in [0.1, 0.15) is 109 Å². The fraction of sp³-hybridized carbons (Fsp3) is 0.690. The molecule has 1 fully saturated rings. The third-order valence-electron chi connectivity index (χ3n) is 6.89. The summed E-state index contributed by atoms with van der Waals surface area (Å²) in [5.74, 6) is 0.111. The molecular weight excluding hydrogens is 456 g/mol. The highest BCUT2D eigenvalue weighted by atomic mass is 16.6. The zero-order valence-electron chi connectivity index (χ0n) is 23.4. The minimum atomic E-state index is -1.04. The van der Waals surface area contributed by atoms with E-state index in [1.54, 1.807) is 18.7 Å².